The van der Waals surface area contributed by atoms with Gasteiger partial charge < -0.3 is 29.0 Å². The maximum absolute atomic E-state index is 13.0. The van der Waals surface area contributed by atoms with Crippen molar-refractivity contribution in [3.05, 3.63) is 28.7 Å². The Morgan fingerprint density at radius 2 is 1.94 bits per heavy atom. The second-order valence-electron chi connectivity index (χ2n) is 9.80. The summed E-state index contributed by atoms with van der Waals surface area (Å²) in [5.41, 5.74) is -0.192. The van der Waals surface area contributed by atoms with E-state index in [1.165, 1.54) is 25.6 Å². The van der Waals surface area contributed by atoms with Crippen LogP contribution >= 0.6 is 0 Å². The van der Waals surface area contributed by atoms with Gasteiger partial charge in [-0.15, -0.1) is 0 Å². The summed E-state index contributed by atoms with van der Waals surface area (Å²) in [5.74, 6) is -0.769. The molecule has 0 N–H and O–H groups in total. The van der Waals surface area contributed by atoms with E-state index in [-0.39, 0.29) is 36.6 Å². The van der Waals surface area contributed by atoms with E-state index in [4.69, 9.17) is 4.74 Å². The Balaban J connectivity index is 0.00000363. The van der Waals surface area contributed by atoms with E-state index >= 15 is 0 Å². The number of amides is 1. The Labute approximate surface area is 202 Å². The summed E-state index contributed by atoms with van der Waals surface area (Å²) in [5, 5.41) is 11.1. The van der Waals surface area contributed by atoms with Crippen LogP contribution in [0.15, 0.2) is 23.1 Å². The quantitative estimate of drug-likeness (QED) is 0.537. The molecule has 0 spiro atoms. The first kappa shape index (κ1) is 26.3. The number of aliphatic carboxylic acids is 1. The molecule has 1 saturated heterocycles. The average molecular weight is 439 g/mol. The van der Waals surface area contributed by atoms with Gasteiger partial charge in [0.1, 0.15) is 5.60 Å². The Morgan fingerprint density at radius 1 is 1.25 bits per heavy atom. The van der Waals surface area contributed by atoms with Crippen LogP contribution in [-0.2, 0) is 9.53 Å². The molecule has 1 aliphatic heterocycles. The van der Waals surface area contributed by atoms with Crippen LogP contribution in [0.2, 0.25) is 0 Å². The van der Waals surface area contributed by atoms with Gasteiger partial charge in [-0.1, -0.05) is 6.42 Å². The van der Waals surface area contributed by atoms with E-state index in [0.717, 1.165) is 42.5 Å². The summed E-state index contributed by atoms with van der Waals surface area (Å²) in [6, 6.07) is 2.20. The smallest absolute Gasteiger partial charge is 0.548 e. The molecule has 1 aromatic rings. The number of carboxylic acid groups (broad SMARTS) is 1. The molecule has 32 heavy (non-hydrogen) atoms. The maximum atomic E-state index is 13.0. The Bertz CT molecular complexity index is 862. The maximum Gasteiger partial charge on any atom is 1.00 e. The fourth-order valence-electron chi connectivity index (χ4n) is 4.20. The van der Waals surface area contributed by atoms with Crippen molar-refractivity contribution in [1.29, 1.82) is 0 Å². The molecule has 2 aliphatic rings. The van der Waals surface area contributed by atoms with Crippen molar-refractivity contribution in [2.24, 2.45) is 5.92 Å². The Kier molecular flexibility index (Phi) is 8.89. The van der Waals surface area contributed by atoms with Gasteiger partial charge in [-0.2, -0.15) is 0 Å². The average Bonchev–Trinajstić information content (AvgIpc) is 2.65. The van der Waals surface area contributed by atoms with Crippen LogP contribution in [0.25, 0.3) is 0 Å². The third kappa shape index (κ3) is 6.55. The summed E-state index contributed by atoms with van der Waals surface area (Å²) in [6.07, 6.45) is 6.51. The zero-order valence-corrected chi connectivity index (χ0v) is 20.0. The van der Waals surface area contributed by atoms with E-state index < -0.39 is 17.6 Å². The van der Waals surface area contributed by atoms with Crippen LogP contribution in [0.1, 0.15) is 65.8 Å². The topological polar surface area (TPSA) is 94.9 Å². The number of carbonyl (C=O) groups excluding carboxylic acids is 2. The number of rotatable bonds is 6. The molecule has 0 radical (unpaired) electrons. The van der Waals surface area contributed by atoms with Crippen LogP contribution in [0.4, 0.5) is 10.5 Å². The number of aromatic nitrogens is 1. The summed E-state index contributed by atoms with van der Waals surface area (Å²) < 4.78 is 6.86. The molecule has 2 fully saturated rings. The summed E-state index contributed by atoms with van der Waals surface area (Å²) >= 11 is 0. The minimum Gasteiger partial charge on any atom is -0.548 e. The van der Waals surface area contributed by atoms with Crippen molar-refractivity contribution in [3.8, 4) is 0 Å². The number of ether oxygens (including phenoxy) is 1. The van der Waals surface area contributed by atoms with E-state index in [1.54, 1.807) is 6.07 Å². The summed E-state index contributed by atoms with van der Waals surface area (Å²) in [6.45, 7) is 9.16. The predicted octanol–water partition coefficient (Wildman–Crippen LogP) is -0.831. The number of piperidine rings is 1. The molecule has 9 heteroatoms. The molecule has 1 aromatic heterocycles. The number of hydrogen-bond donors (Lipinski definition) is 0. The van der Waals surface area contributed by atoms with Gasteiger partial charge in [-0.25, -0.2) is 4.79 Å². The van der Waals surface area contributed by atoms with Gasteiger partial charge in [0.2, 0.25) is 0 Å². The number of anilines is 1. The van der Waals surface area contributed by atoms with Crippen molar-refractivity contribution >= 4 is 17.7 Å². The second kappa shape index (κ2) is 10.8. The molecule has 0 aromatic carbocycles. The first-order valence-electron chi connectivity index (χ1n) is 11.2. The minimum atomic E-state index is -1.29. The zero-order chi connectivity index (χ0) is 22.8. The number of pyridine rings is 1. The number of carbonyl (C=O) groups is 2. The number of carboxylic acids is 1. The number of hydrogen-bond acceptors (Lipinski definition) is 6. The Morgan fingerprint density at radius 3 is 2.47 bits per heavy atom. The van der Waals surface area contributed by atoms with Crippen LogP contribution in [0.5, 0.6) is 0 Å². The van der Waals surface area contributed by atoms with Crippen LogP contribution in [0.3, 0.4) is 0 Å². The molecule has 1 saturated carbocycles. The molecule has 3 rings (SSSR count). The van der Waals surface area contributed by atoms with E-state index in [9.17, 15) is 19.5 Å². The third-order valence-electron chi connectivity index (χ3n) is 6.20. The Hall–Kier alpha value is -1.91. The summed E-state index contributed by atoms with van der Waals surface area (Å²) in [4.78, 5) is 40.5. The van der Waals surface area contributed by atoms with Crippen LogP contribution < -0.4 is 34.4 Å². The van der Waals surface area contributed by atoms with Gasteiger partial charge in [0, 0.05) is 37.6 Å². The van der Waals surface area contributed by atoms with Crippen molar-refractivity contribution < 1.29 is 38.3 Å². The fourth-order valence-corrected chi connectivity index (χ4v) is 4.20. The van der Waals surface area contributed by atoms with Crippen molar-refractivity contribution in [1.82, 2.24) is 9.47 Å². The molecule has 1 amide bonds. The van der Waals surface area contributed by atoms with Crippen molar-refractivity contribution in [3.63, 3.8) is 0 Å². The van der Waals surface area contributed by atoms with Crippen LogP contribution in [-0.4, -0.2) is 52.8 Å². The molecule has 1 aliphatic carbocycles. The van der Waals surface area contributed by atoms with Gasteiger partial charge in [-0.3, -0.25) is 4.79 Å². The van der Waals surface area contributed by atoms with E-state index in [2.05, 4.69) is 4.90 Å². The minimum absolute atomic E-state index is 0. The molecule has 2 heterocycles. The van der Waals surface area contributed by atoms with Crippen molar-refractivity contribution in [2.75, 3.05) is 24.5 Å². The standard InChI is InChI=1S/C23H35N3O5.Li/c1-16(21(28)29)25-12-10-18(13-20(25)27)24-11-6-9-19(15-24)26(14-17-7-5-8-17)22(30)31-23(2,3)4;/h10,12-13,16-17,19H,5-9,11,14-15H2,1-4H3,(H,28,29);/q;+1/p-1/t16?,19-;/m1./s1. The first-order valence-corrected chi connectivity index (χ1v) is 11.2. The number of nitrogens with zero attached hydrogens (tertiary/aromatic N) is 3. The first-order chi connectivity index (χ1) is 14.5. The predicted molar refractivity (Wildman–Crippen MR) is 116 cm³/mol. The van der Waals surface area contributed by atoms with Crippen LogP contribution in [0, 0.1) is 5.92 Å². The summed E-state index contributed by atoms with van der Waals surface area (Å²) in [7, 11) is 0. The fraction of sp³-hybridized carbons (Fsp3) is 0.696. The molecule has 172 valence electrons. The van der Waals surface area contributed by atoms with Crippen molar-refractivity contribution in [2.45, 2.75) is 77.5 Å². The molecule has 8 nitrogen and oxygen atoms in total. The molecular formula is C23H34LiN3O5. The SMILES string of the molecule is CC(C(=O)[O-])n1ccc(N2CCC[C@@H](N(CC3CCC3)C(=O)OC(C)(C)C)C2)cc1=O.[Li+]. The van der Waals surface area contributed by atoms with E-state index in [0.29, 0.717) is 19.0 Å². The molecule has 0 bridgehead atoms. The third-order valence-corrected chi connectivity index (χ3v) is 6.20. The van der Waals surface area contributed by atoms with Gasteiger partial charge in [0.25, 0.3) is 5.56 Å². The van der Waals surface area contributed by atoms with Gasteiger partial charge in [0.05, 0.1) is 18.1 Å². The molecular weight excluding hydrogens is 405 g/mol. The largest absolute Gasteiger partial charge is 1.00 e. The monoisotopic (exact) mass is 439 g/mol. The zero-order valence-electron chi connectivity index (χ0n) is 20.0. The second-order valence-corrected chi connectivity index (χ2v) is 9.80. The van der Waals surface area contributed by atoms with E-state index in [1.807, 2.05) is 25.7 Å². The van der Waals surface area contributed by atoms with Gasteiger partial charge in [0.15, 0.2) is 0 Å². The van der Waals surface area contributed by atoms with Gasteiger partial charge >= 0.3 is 25.0 Å². The normalized spacial score (nSPS) is 20.0. The van der Waals surface area contributed by atoms with Gasteiger partial charge in [-0.05, 0) is 65.4 Å². The molecule has 2 atom stereocenters. The molecule has 1 unspecified atom stereocenters.